The third-order valence-electron chi connectivity index (χ3n) is 5.02. The van der Waals surface area contributed by atoms with Gasteiger partial charge in [0.05, 0.1) is 32.7 Å². The molecular formula is C20H23N3O4. The van der Waals surface area contributed by atoms with E-state index in [4.69, 9.17) is 14.2 Å². The highest BCUT2D eigenvalue weighted by Gasteiger charge is 2.32. The second kappa shape index (κ2) is 7.92. The summed E-state index contributed by atoms with van der Waals surface area (Å²) in [5.41, 5.74) is 2.36. The van der Waals surface area contributed by atoms with Gasteiger partial charge in [-0.25, -0.2) is 0 Å². The molecule has 1 aromatic carbocycles. The van der Waals surface area contributed by atoms with E-state index in [0.717, 1.165) is 24.9 Å². The van der Waals surface area contributed by atoms with Crippen molar-refractivity contribution in [2.24, 2.45) is 0 Å². The zero-order valence-corrected chi connectivity index (χ0v) is 15.3. The first kappa shape index (κ1) is 17.7. The van der Waals surface area contributed by atoms with Gasteiger partial charge in [0.15, 0.2) is 0 Å². The van der Waals surface area contributed by atoms with Crippen LogP contribution in [0.5, 0.6) is 11.8 Å². The number of carbonyl (C=O) groups is 1. The minimum absolute atomic E-state index is 0.0366. The second-order valence-electron chi connectivity index (χ2n) is 6.84. The van der Waals surface area contributed by atoms with Gasteiger partial charge in [-0.3, -0.25) is 9.78 Å². The molecule has 7 heteroatoms. The summed E-state index contributed by atoms with van der Waals surface area (Å²) in [5.74, 6) is 0.858. The van der Waals surface area contributed by atoms with Crippen LogP contribution in [-0.4, -0.2) is 53.2 Å². The van der Waals surface area contributed by atoms with Crippen LogP contribution in [0.25, 0.3) is 0 Å². The van der Waals surface area contributed by atoms with Crippen molar-refractivity contribution in [3.63, 3.8) is 0 Å². The van der Waals surface area contributed by atoms with Crippen molar-refractivity contribution in [1.82, 2.24) is 14.9 Å². The van der Waals surface area contributed by atoms with E-state index in [1.807, 2.05) is 17.0 Å². The molecule has 142 valence electrons. The average Bonchev–Trinajstić information content (AvgIpc) is 2.73. The second-order valence-corrected chi connectivity index (χ2v) is 6.84. The molecule has 0 unspecified atom stereocenters. The Kier molecular flexibility index (Phi) is 5.20. The summed E-state index contributed by atoms with van der Waals surface area (Å²) in [6, 6.07) is 8.13. The van der Waals surface area contributed by atoms with E-state index < -0.39 is 6.10 Å². The lowest BCUT2D eigenvalue weighted by Crippen LogP contribution is -2.49. The molecule has 0 aliphatic carbocycles. The highest BCUT2D eigenvalue weighted by molar-refractivity contribution is 5.81. The quantitative estimate of drug-likeness (QED) is 0.821. The third-order valence-corrected chi connectivity index (χ3v) is 5.02. The van der Waals surface area contributed by atoms with Crippen molar-refractivity contribution in [3.05, 3.63) is 47.8 Å². The molecule has 27 heavy (non-hydrogen) atoms. The van der Waals surface area contributed by atoms with Crippen LogP contribution in [-0.2, 0) is 22.6 Å². The molecule has 0 radical (unpaired) electrons. The molecule has 3 heterocycles. The lowest BCUT2D eigenvalue weighted by Gasteiger charge is -2.35. The van der Waals surface area contributed by atoms with Crippen molar-refractivity contribution in [3.8, 4) is 11.8 Å². The molecule has 1 saturated heterocycles. The van der Waals surface area contributed by atoms with Crippen LogP contribution in [0.15, 0.2) is 36.7 Å². The Morgan fingerprint density at radius 2 is 2.04 bits per heavy atom. The van der Waals surface area contributed by atoms with Gasteiger partial charge >= 0.3 is 0 Å². The number of piperidine rings is 1. The van der Waals surface area contributed by atoms with Gasteiger partial charge in [-0.15, -0.1) is 0 Å². The molecule has 2 aliphatic rings. The normalized spacial score (nSPS) is 22.0. The van der Waals surface area contributed by atoms with Gasteiger partial charge < -0.3 is 19.1 Å². The molecule has 0 bridgehead atoms. The number of rotatable bonds is 4. The molecule has 0 saturated carbocycles. The summed E-state index contributed by atoms with van der Waals surface area (Å²) in [5, 5.41) is 0. The summed E-state index contributed by atoms with van der Waals surface area (Å²) in [6.07, 6.45) is 4.94. The summed E-state index contributed by atoms with van der Waals surface area (Å²) in [4.78, 5) is 23.1. The van der Waals surface area contributed by atoms with Crippen LogP contribution in [0, 0.1) is 0 Å². The lowest BCUT2D eigenvalue weighted by molar-refractivity contribution is -0.148. The number of fused-ring (bicyclic) bond motifs is 1. The predicted octanol–water partition coefficient (Wildman–Crippen LogP) is 2.00. The minimum Gasteiger partial charge on any atom is -0.480 e. The van der Waals surface area contributed by atoms with E-state index in [2.05, 4.69) is 22.1 Å². The summed E-state index contributed by atoms with van der Waals surface area (Å²) in [6.45, 7) is 1.74. The zero-order chi connectivity index (χ0) is 18.6. The number of likely N-dealkylation sites (tertiary alicyclic amines) is 1. The fourth-order valence-corrected chi connectivity index (χ4v) is 3.60. The zero-order valence-electron chi connectivity index (χ0n) is 15.3. The van der Waals surface area contributed by atoms with Gasteiger partial charge in [0.25, 0.3) is 5.91 Å². The minimum atomic E-state index is -0.421. The van der Waals surface area contributed by atoms with Crippen molar-refractivity contribution in [2.45, 2.75) is 38.1 Å². The fourth-order valence-electron chi connectivity index (χ4n) is 3.60. The van der Waals surface area contributed by atoms with Gasteiger partial charge in [-0.2, -0.15) is 4.98 Å². The number of hydrogen-bond donors (Lipinski definition) is 0. The van der Waals surface area contributed by atoms with Crippen LogP contribution >= 0.6 is 0 Å². The molecule has 2 atom stereocenters. The molecule has 0 spiro atoms. The largest absolute Gasteiger partial charge is 0.480 e. The first-order valence-corrected chi connectivity index (χ1v) is 9.23. The van der Waals surface area contributed by atoms with Crippen LogP contribution < -0.4 is 9.47 Å². The number of methoxy groups -OCH3 is 1. The fraction of sp³-hybridized carbons (Fsp3) is 0.450. The Bertz CT molecular complexity index is 813. The van der Waals surface area contributed by atoms with E-state index in [1.54, 1.807) is 6.20 Å². The summed E-state index contributed by atoms with van der Waals surface area (Å²) >= 11 is 0. The number of aromatic nitrogens is 2. The first-order chi connectivity index (χ1) is 13.2. The molecule has 1 fully saturated rings. The van der Waals surface area contributed by atoms with Gasteiger partial charge in [-0.05, 0) is 24.0 Å². The van der Waals surface area contributed by atoms with E-state index in [1.165, 1.54) is 18.9 Å². The predicted molar refractivity (Wildman–Crippen MR) is 97.5 cm³/mol. The van der Waals surface area contributed by atoms with Gasteiger partial charge in [0, 0.05) is 13.0 Å². The van der Waals surface area contributed by atoms with Crippen LogP contribution in [0.4, 0.5) is 0 Å². The Hall–Kier alpha value is -2.67. The monoisotopic (exact) mass is 369 g/mol. The SMILES string of the molecule is COc1cncc(O[C@@H]2CCCN(C(=O)[C@H]3Cc4ccccc4CO3)C2)n1. The Balaban J connectivity index is 1.38. The number of hydrogen-bond acceptors (Lipinski definition) is 6. The maximum atomic E-state index is 13.0. The molecule has 4 rings (SSSR count). The number of benzene rings is 1. The number of nitrogens with zero attached hydrogens (tertiary/aromatic N) is 3. The van der Waals surface area contributed by atoms with Gasteiger partial charge in [0.1, 0.15) is 12.2 Å². The highest BCUT2D eigenvalue weighted by atomic mass is 16.5. The summed E-state index contributed by atoms with van der Waals surface area (Å²) in [7, 11) is 1.54. The topological polar surface area (TPSA) is 73.8 Å². The van der Waals surface area contributed by atoms with Crippen LogP contribution in [0.3, 0.4) is 0 Å². The van der Waals surface area contributed by atoms with E-state index in [0.29, 0.717) is 31.3 Å². The standard InChI is InChI=1S/C20H23N3O4/c1-25-18-10-21-11-19(22-18)27-16-7-4-8-23(12-16)20(24)17-9-14-5-2-3-6-15(14)13-26-17/h2-3,5-6,10-11,16-17H,4,7-9,12-13H2,1H3/t16-,17-/m1/s1. The van der Waals surface area contributed by atoms with Gasteiger partial charge in [-0.1, -0.05) is 24.3 Å². The molecule has 2 aromatic rings. The maximum Gasteiger partial charge on any atom is 0.252 e. The molecule has 7 nitrogen and oxygen atoms in total. The highest BCUT2D eigenvalue weighted by Crippen LogP contribution is 2.24. The maximum absolute atomic E-state index is 13.0. The molecule has 2 aliphatic heterocycles. The van der Waals surface area contributed by atoms with E-state index in [-0.39, 0.29) is 12.0 Å². The number of amides is 1. The first-order valence-electron chi connectivity index (χ1n) is 9.23. The van der Waals surface area contributed by atoms with Crippen LogP contribution in [0.1, 0.15) is 24.0 Å². The number of ether oxygens (including phenoxy) is 3. The Labute approximate surface area is 158 Å². The van der Waals surface area contributed by atoms with Crippen molar-refractivity contribution < 1.29 is 19.0 Å². The summed E-state index contributed by atoms with van der Waals surface area (Å²) < 4.78 is 16.8. The lowest BCUT2D eigenvalue weighted by atomic mass is 9.98. The Morgan fingerprint density at radius 3 is 2.89 bits per heavy atom. The van der Waals surface area contributed by atoms with Crippen molar-refractivity contribution >= 4 is 5.91 Å². The van der Waals surface area contributed by atoms with Crippen LogP contribution in [0.2, 0.25) is 0 Å². The smallest absolute Gasteiger partial charge is 0.252 e. The van der Waals surface area contributed by atoms with Crippen molar-refractivity contribution in [2.75, 3.05) is 20.2 Å². The third kappa shape index (κ3) is 4.03. The Morgan fingerprint density at radius 1 is 1.22 bits per heavy atom. The van der Waals surface area contributed by atoms with Gasteiger partial charge in [0.2, 0.25) is 11.8 Å². The van der Waals surface area contributed by atoms with E-state index >= 15 is 0 Å². The molecule has 1 amide bonds. The molecular weight excluding hydrogens is 346 g/mol. The van der Waals surface area contributed by atoms with Crippen molar-refractivity contribution in [1.29, 1.82) is 0 Å². The molecule has 1 aromatic heterocycles. The number of carbonyl (C=O) groups excluding carboxylic acids is 1. The van der Waals surface area contributed by atoms with E-state index in [9.17, 15) is 4.79 Å². The average molecular weight is 369 g/mol. The molecule has 0 N–H and O–H groups in total.